The summed E-state index contributed by atoms with van der Waals surface area (Å²) in [5.41, 5.74) is 1.79. The zero-order chi connectivity index (χ0) is 25.0. The summed E-state index contributed by atoms with van der Waals surface area (Å²) in [6.07, 6.45) is -0.00671. The van der Waals surface area contributed by atoms with Crippen LogP contribution in [-0.2, 0) is 9.59 Å². The number of Topliss-reactive ketones (excluding diaryl/α,β-unsaturated/α-hetero) is 1. The van der Waals surface area contributed by atoms with Crippen LogP contribution in [0.5, 0.6) is 5.75 Å². The number of hydrogen-bond acceptors (Lipinski definition) is 5. The summed E-state index contributed by atoms with van der Waals surface area (Å²) >= 11 is 0. The number of ketones is 1. The fourth-order valence-corrected chi connectivity index (χ4v) is 4.23. The highest BCUT2D eigenvalue weighted by atomic mass is 19.1. The van der Waals surface area contributed by atoms with Gasteiger partial charge in [-0.3, -0.25) is 9.59 Å². The van der Waals surface area contributed by atoms with Crippen LogP contribution in [0.1, 0.15) is 50.4 Å². The molecule has 1 atom stereocenters. The fourth-order valence-electron chi connectivity index (χ4n) is 4.23. The second kappa shape index (κ2) is 10.8. The highest BCUT2D eigenvalue weighted by molar-refractivity contribution is 6.46. The van der Waals surface area contributed by atoms with Crippen LogP contribution < -0.4 is 4.74 Å². The number of ether oxygens (including phenoxy) is 1. The van der Waals surface area contributed by atoms with Crippen molar-refractivity contribution in [2.75, 3.05) is 26.2 Å². The molecule has 34 heavy (non-hydrogen) atoms. The van der Waals surface area contributed by atoms with Crippen LogP contribution >= 0.6 is 0 Å². The molecule has 7 heteroatoms. The molecule has 6 nitrogen and oxygen atoms in total. The molecule has 1 fully saturated rings. The molecule has 1 N–H and O–H groups in total. The molecule has 1 saturated heterocycles. The lowest BCUT2D eigenvalue weighted by atomic mass is 9.94. The number of nitrogens with zero attached hydrogens (tertiary/aromatic N) is 2. The summed E-state index contributed by atoms with van der Waals surface area (Å²) in [6.45, 7) is 12.3. The average Bonchev–Trinajstić information content (AvgIpc) is 3.05. The minimum atomic E-state index is -0.803. The molecule has 182 valence electrons. The SMILES string of the molecule is CCN(CC)CCN1C(=O)C(=O)/C(=C(/O)c2ccc(OC(C)C)c(C)c2)[C@@H]1c1ccc(F)cc1. The van der Waals surface area contributed by atoms with E-state index in [2.05, 4.69) is 4.90 Å². The summed E-state index contributed by atoms with van der Waals surface area (Å²) < 4.78 is 19.4. The van der Waals surface area contributed by atoms with Crippen LogP contribution in [-0.4, -0.2) is 58.9 Å². The van der Waals surface area contributed by atoms with Gasteiger partial charge in [-0.15, -0.1) is 0 Å². The number of rotatable bonds is 9. The quantitative estimate of drug-likeness (QED) is 0.329. The second-order valence-corrected chi connectivity index (χ2v) is 8.72. The van der Waals surface area contributed by atoms with E-state index in [-0.39, 0.29) is 17.4 Å². The number of aryl methyl sites for hydroxylation is 1. The highest BCUT2D eigenvalue weighted by Crippen LogP contribution is 2.39. The lowest BCUT2D eigenvalue weighted by molar-refractivity contribution is -0.140. The molecule has 0 bridgehead atoms. The van der Waals surface area contributed by atoms with Gasteiger partial charge in [0.05, 0.1) is 17.7 Å². The van der Waals surface area contributed by atoms with Crippen molar-refractivity contribution in [1.29, 1.82) is 0 Å². The Morgan fingerprint density at radius 3 is 2.32 bits per heavy atom. The molecular formula is C27H33FN2O4. The monoisotopic (exact) mass is 468 g/mol. The highest BCUT2D eigenvalue weighted by Gasteiger charge is 2.46. The molecular weight excluding hydrogens is 435 g/mol. The van der Waals surface area contributed by atoms with E-state index in [1.807, 2.05) is 34.6 Å². The van der Waals surface area contributed by atoms with Crippen molar-refractivity contribution in [3.05, 3.63) is 70.5 Å². The molecule has 1 aliphatic heterocycles. The van der Waals surface area contributed by atoms with Gasteiger partial charge in [0.1, 0.15) is 17.3 Å². The van der Waals surface area contributed by atoms with E-state index < -0.39 is 23.5 Å². The van der Waals surface area contributed by atoms with Crippen LogP contribution in [0.2, 0.25) is 0 Å². The lowest BCUT2D eigenvalue weighted by Gasteiger charge is -2.28. The number of halogens is 1. The minimum absolute atomic E-state index is 0.00671. The van der Waals surface area contributed by atoms with Crippen LogP contribution in [0.25, 0.3) is 5.76 Å². The number of likely N-dealkylation sites (tertiary alicyclic amines) is 1. The van der Waals surface area contributed by atoms with E-state index in [1.165, 1.54) is 17.0 Å². The van der Waals surface area contributed by atoms with E-state index in [0.717, 1.165) is 18.7 Å². The van der Waals surface area contributed by atoms with E-state index in [9.17, 15) is 19.1 Å². The Bertz CT molecular complexity index is 1070. The Morgan fingerprint density at radius 1 is 1.12 bits per heavy atom. The molecule has 2 aromatic carbocycles. The molecule has 0 radical (unpaired) electrons. The number of carbonyl (C=O) groups excluding carboxylic acids is 2. The van der Waals surface area contributed by atoms with Gasteiger partial charge in [0, 0.05) is 18.7 Å². The first-order chi connectivity index (χ1) is 16.2. The third-order valence-electron chi connectivity index (χ3n) is 6.09. The maximum absolute atomic E-state index is 13.6. The van der Waals surface area contributed by atoms with Crippen LogP contribution in [0.3, 0.4) is 0 Å². The van der Waals surface area contributed by atoms with E-state index >= 15 is 0 Å². The van der Waals surface area contributed by atoms with Crippen molar-refractivity contribution >= 4 is 17.4 Å². The Hall–Kier alpha value is -3.19. The number of amides is 1. The summed E-state index contributed by atoms with van der Waals surface area (Å²) in [6, 6.07) is 10.0. The molecule has 0 spiro atoms. The first-order valence-electron chi connectivity index (χ1n) is 11.7. The predicted octanol–water partition coefficient (Wildman–Crippen LogP) is 4.68. The van der Waals surface area contributed by atoms with Gasteiger partial charge >= 0.3 is 0 Å². The van der Waals surface area contributed by atoms with Crippen molar-refractivity contribution < 1.29 is 23.8 Å². The maximum Gasteiger partial charge on any atom is 0.295 e. The van der Waals surface area contributed by atoms with Gasteiger partial charge in [0.25, 0.3) is 11.7 Å². The number of aliphatic hydroxyl groups excluding tert-OH is 1. The Balaban J connectivity index is 2.08. The van der Waals surface area contributed by atoms with Crippen molar-refractivity contribution in [3.8, 4) is 5.75 Å². The topological polar surface area (TPSA) is 70.1 Å². The molecule has 0 saturated carbocycles. The smallest absolute Gasteiger partial charge is 0.295 e. The Morgan fingerprint density at radius 2 is 1.76 bits per heavy atom. The third kappa shape index (κ3) is 5.30. The maximum atomic E-state index is 13.6. The number of likely N-dealkylation sites (N-methyl/N-ethyl adjacent to an activating group) is 1. The van der Waals surface area contributed by atoms with E-state index in [4.69, 9.17) is 4.74 Å². The van der Waals surface area contributed by atoms with Gasteiger partial charge in [-0.2, -0.15) is 0 Å². The molecule has 2 aromatic rings. The molecule has 1 amide bonds. The normalized spacial score (nSPS) is 17.8. The van der Waals surface area contributed by atoms with Gasteiger partial charge in [0.2, 0.25) is 0 Å². The summed E-state index contributed by atoms with van der Waals surface area (Å²) in [5, 5.41) is 11.2. The summed E-state index contributed by atoms with van der Waals surface area (Å²) in [4.78, 5) is 29.8. The van der Waals surface area contributed by atoms with E-state index in [1.54, 1.807) is 30.3 Å². The number of benzene rings is 2. The molecule has 3 rings (SSSR count). The first-order valence-corrected chi connectivity index (χ1v) is 11.7. The van der Waals surface area contributed by atoms with Gasteiger partial charge in [0.15, 0.2) is 0 Å². The minimum Gasteiger partial charge on any atom is -0.507 e. The van der Waals surface area contributed by atoms with Gasteiger partial charge < -0.3 is 19.6 Å². The fraction of sp³-hybridized carbons (Fsp3) is 0.407. The predicted molar refractivity (Wildman–Crippen MR) is 130 cm³/mol. The second-order valence-electron chi connectivity index (χ2n) is 8.72. The number of aliphatic hydroxyl groups is 1. The standard InChI is InChI=1S/C27H33FN2O4/c1-6-29(7-2)14-15-30-24(19-8-11-21(28)12-9-19)23(26(32)27(30)33)25(31)20-10-13-22(18(5)16-20)34-17(3)4/h8-13,16-17,24,31H,6-7,14-15H2,1-5H3/b25-23+/t24-/m0/s1. The zero-order valence-electron chi connectivity index (χ0n) is 20.5. The molecule has 0 unspecified atom stereocenters. The zero-order valence-corrected chi connectivity index (χ0v) is 20.5. The van der Waals surface area contributed by atoms with E-state index in [0.29, 0.717) is 30.0 Å². The third-order valence-corrected chi connectivity index (χ3v) is 6.09. The Labute approximate surface area is 200 Å². The first kappa shape index (κ1) is 25.4. The van der Waals surface area contributed by atoms with Crippen molar-refractivity contribution in [1.82, 2.24) is 9.80 Å². The van der Waals surface area contributed by atoms with Gasteiger partial charge in [-0.05, 0) is 75.3 Å². The van der Waals surface area contributed by atoms with Crippen molar-refractivity contribution in [2.45, 2.75) is 46.8 Å². The van der Waals surface area contributed by atoms with Crippen LogP contribution in [0.4, 0.5) is 4.39 Å². The van der Waals surface area contributed by atoms with Crippen LogP contribution in [0, 0.1) is 12.7 Å². The largest absolute Gasteiger partial charge is 0.507 e. The molecule has 1 aliphatic rings. The van der Waals surface area contributed by atoms with Gasteiger partial charge in [-0.25, -0.2) is 4.39 Å². The Kier molecular flexibility index (Phi) is 8.10. The average molecular weight is 469 g/mol. The lowest BCUT2D eigenvalue weighted by Crippen LogP contribution is -2.38. The van der Waals surface area contributed by atoms with Crippen molar-refractivity contribution in [2.24, 2.45) is 0 Å². The number of hydrogen-bond donors (Lipinski definition) is 1. The van der Waals surface area contributed by atoms with Crippen molar-refractivity contribution in [3.63, 3.8) is 0 Å². The molecule has 1 heterocycles. The molecule has 0 aliphatic carbocycles. The number of carbonyl (C=O) groups is 2. The van der Waals surface area contributed by atoms with Gasteiger partial charge in [-0.1, -0.05) is 26.0 Å². The van der Waals surface area contributed by atoms with Crippen LogP contribution in [0.15, 0.2) is 48.0 Å². The molecule has 0 aromatic heterocycles. The summed E-state index contributed by atoms with van der Waals surface area (Å²) in [7, 11) is 0. The summed E-state index contributed by atoms with van der Waals surface area (Å²) in [5.74, 6) is -1.40.